The third-order valence-corrected chi connectivity index (χ3v) is 5.47. The van der Waals surface area contributed by atoms with E-state index < -0.39 is 11.6 Å². The first kappa shape index (κ1) is 19.7. The van der Waals surface area contributed by atoms with Gasteiger partial charge in [0, 0.05) is 22.8 Å². The molecule has 0 saturated heterocycles. The number of hydrogen-bond donors (Lipinski definition) is 2. The van der Waals surface area contributed by atoms with Gasteiger partial charge in [0.05, 0.1) is 23.1 Å². The van der Waals surface area contributed by atoms with Crippen molar-refractivity contribution >= 4 is 22.3 Å². The summed E-state index contributed by atoms with van der Waals surface area (Å²) in [5, 5.41) is 22.1. The summed E-state index contributed by atoms with van der Waals surface area (Å²) in [4.78, 5) is 4.75. The van der Waals surface area contributed by atoms with E-state index in [1.807, 2.05) is 30.3 Å². The van der Waals surface area contributed by atoms with Crippen molar-refractivity contribution in [1.82, 2.24) is 20.0 Å². The van der Waals surface area contributed by atoms with Gasteiger partial charge in [-0.05, 0) is 73.5 Å². The van der Waals surface area contributed by atoms with Gasteiger partial charge in [-0.3, -0.25) is 0 Å². The number of aromatic hydroxyl groups is 1. The lowest BCUT2D eigenvalue weighted by molar-refractivity contribution is 0.432. The highest BCUT2D eigenvalue weighted by Gasteiger charge is 2.11. The van der Waals surface area contributed by atoms with Gasteiger partial charge < -0.3 is 10.4 Å². The summed E-state index contributed by atoms with van der Waals surface area (Å²) in [5.74, 6) is -1.12. The van der Waals surface area contributed by atoms with Gasteiger partial charge >= 0.3 is 0 Å². The number of phenols is 1. The van der Waals surface area contributed by atoms with Crippen molar-refractivity contribution in [3.8, 4) is 22.8 Å². The Balaban J connectivity index is 1.47. The van der Waals surface area contributed by atoms with Crippen LogP contribution >= 0.6 is 0 Å². The molecule has 0 fully saturated rings. The molecule has 32 heavy (non-hydrogen) atoms. The summed E-state index contributed by atoms with van der Waals surface area (Å²) < 4.78 is 15.1. The maximum absolute atomic E-state index is 13.7. The number of aryl methyl sites for hydroxylation is 2. The molecule has 0 bridgehead atoms. The van der Waals surface area contributed by atoms with Gasteiger partial charge in [-0.1, -0.05) is 17.3 Å². The van der Waals surface area contributed by atoms with Crippen LogP contribution in [0.3, 0.4) is 0 Å². The fourth-order valence-electron chi connectivity index (χ4n) is 3.53. The molecule has 5 rings (SSSR count). The van der Waals surface area contributed by atoms with Crippen molar-refractivity contribution in [3.05, 3.63) is 89.9 Å². The second-order valence-corrected chi connectivity index (χ2v) is 7.68. The summed E-state index contributed by atoms with van der Waals surface area (Å²) in [6, 6.07) is 20.2. The first-order chi connectivity index (χ1) is 15.5. The van der Waals surface area contributed by atoms with Gasteiger partial charge in [-0.15, -0.1) is 5.10 Å². The lowest BCUT2D eigenvalue weighted by Gasteiger charge is -2.11. The second-order valence-electron chi connectivity index (χ2n) is 7.68. The Bertz CT molecular complexity index is 1460. The third-order valence-electron chi connectivity index (χ3n) is 5.47. The van der Waals surface area contributed by atoms with E-state index in [0.29, 0.717) is 17.1 Å². The molecular weight excluding hydrogens is 405 g/mol. The molecule has 0 aliphatic heterocycles. The van der Waals surface area contributed by atoms with Crippen LogP contribution in [-0.2, 0) is 0 Å². The molecule has 2 aromatic heterocycles. The van der Waals surface area contributed by atoms with Crippen molar-refractivity contribution in [2.24, 2.45) is 0 Å². The number of pyridine rings is 1. The zero-order valence-corrected chi connectivity index (χ0v) is 17.5. The molecule has 0 amide bonds. The Morgan fingerprint density at radius 2 is 1.78 bits per heavy atom. The zero-order valence-electron chi connectivity index (χ0n) is 17.5. The van der Waals surface area contributed by atoms with Crippen LogP contribution in [0.15, 0.2) is 72.9 Å². The Labute approximate surface area is 184 Å². The monoisotopic (exact) mass is 425 g/mol. The number of benzene rings is 3. The number of rotatable bonds is 4. The predicted molar refractivity (Wildman–Crippen MR) is 123 cm³/mol. The number of hydrogen-bond acceptors (Lipinski definition) is 5. The molecule has 0 radical (unpaired) electrons. The van der Waals surface area contributed by atoms with E-state index in [-0.39, 0.29) is 0 Å². The topological polar surface area (TPSA) is 75.9 Å². The van der Waals surface area contributed by atoms with Gasteiger partial charge in [0.15, 0.2) is 11.6 Å². The van der Waals surface area contributed by atoms with E-state index >= 15 is 0 Å². The van der Waals surface area contributed by atoms with Gasteiger partial charge in [0.2, 0.25) is 0 Å². The van der Waals surface area contributed by atoms with Gasteiger partial charge in [-0.2, -0.15) is 0 Å². The van der Waals surface area contributed by atoms with Gasteiger partial charge in [0.1, 0.15) is 5.69 Å². The lowest BCUT2D eigenvalue weighted by Crippen LogP contribution is -1.95. The highest BCUT2D eigenvalue weighted by Crippen LogP contribution is 2.29. The first-order valence-electron chi connectivity index (χ1n) is 10.1. The van der Waals surface area contributed by atoms with Crippen molar-refractivity contribution in [3.63, 3.8) is 0 Å². The number of halogens is 1. The molecule has 158 valence electrons. The van der Waals surface area contributed by atoms with Crippen LogP contribution in [0.5, 0.6) is 5.75 Å². The molecule has 7 heteroatoms. The molecular formula is C25H20FN5O. The van der Waals surface area contributed by atoms with Crippen molar-refractivity contribution in [2.45, 2.75) is 13.8 Å². The largest absolute Gasteiger partial charge is 0.505 e. The summed E-state index contributed by atoms with van der Waals surface area (Å²) in [6.45, 7) is 4.19. The summed E-state index contributed by atoms with van der Waals surface area (Å²) in [5.41, 5.74) is 6.97. The molecule has 0 unspecified atom stereocenters. The number of fused-ring (bicyclic) bond motifs is 1. The summed E-state index contributed by atoms with van der Waals surface area (Å²) in [7, 11) is 0. The maximum Gasteiger partial charge on any atom is 0.166 e. The lowest BCUT2D eigenvalue weighted by atomic mass is 10.1. The van der Waals surface area contributed by atoms with Crippen molar-refractivity contribution in [1.29, 1.82) is 0 Å². The first-order valence-corrected chi connectivity index (χ1v) is 10.1. The molecule has 0 atom stereocenters. The molecule has 0 aliphatic carbocycles. The zero-order chi connectivity index (χ0) is 22.2. The SMILES string of the molecule is Cc1ccc(Nc2cccc3nc(-c4cn(-c5ccc(O)c(F)c5)nn4)ccc23)cc1C. The van der Waals surface area contributed by atoms with Crippen LogP contribution in [0.2, 0.25) is 0 Å². The van der Waals surface area contributed by atoms with Gasteiger partial charge in [-0.25, -0.2) is 14.1 Å². The minimum absolute atomic E-state index is 0.407. The fraction of sp³-hybridized carbons (Fsp3) is 0.0800. The minimum Gasteiger partial charge on any atom is -0.505 e. The van der Waals surface area contributed by atoms with E-state index in [2.05, 4.69) is 47.7 Å². The molecule has 3 aromatic carbocycles. The number of nitrogens with zero attached hydrogens (tertiary/aromatic N) is 4. The van der Waals surface area contributed by atoms with Crippen molar-refractivity contribution < 1.29 is 9.50 Å². The van der Waals surface area contributed by atoms with Gasteiger partial charge in [0.25, 0.3) is 0 Å². The highest BCUT2D eigenvalue weighted by molar-refractivity contribution is 5.94. The molecule has 6 nitrogen and oxygen atoms in total. The number of phenolic OH excluding ortho intramolecular Hbond substituents is 1. The molecule has 2 N–H and O–H groups in total. The number of anilines is 2. The Morgan fingerprint density at radius 1 is 0.906 bits per heavy atom. The second kappa shape index (κ2) is 7.77. The average molecular weight is 425 g/mol. The van der Waals surface area contributed by atoms with Crippen LogP contribution in [-0.4, -0.2) is 25.1 Å². The minimum atomic E-state index is -0.716. The van der Waals surface area contributed by atoms with E-state index in [0.717, 1.165) is 22.3 Å². The Kier molecular flexibility index (Phi) is 4.78. The predicted octanol–water partition coefficient (Wildman–Crippen LogP) is 5.69. The maximum atomic E-state index is 13.7. The average Bonchev–Trinajstić information content (AvgIpc) is 3.28. The quantitative estimate of drug-likeness (QED) is 0.387. The summed E-state index contributed by atoms with van der Waals surface area (Å²) >= 11 is 0. The molecule has 2 heterocycles. The van der Waals surface area contributed by atoms with E-state index in [4.69, 9.17) is 4.98 Å². The molecule has 0 aliphatic rings. The molecule has 5 aromatic rings. The highest BCUT2D eigenvalue weighted by atomic mass is 19.1. The van der Waals surface area contributed by atoms with Crippen molar-refractivity contribution in [2.75, 3.05) is 5.32 Å². The van der Waals surface area contributed by atoms with Crippen LogP contribution < -0.4 is 5.32 Å². The van der Waals surface area contributed by atoms with Crippen LogP contribution in [0.4, 0.5) is 15.8 Å². The van der Waals surface area contributed by atoms with Crippen LogP contribution in [0, 0.1) is 19.7 Å². The smallest absolute Gasteiger partial charge is 0.166 e. The standard InChI is InChI=1S/C25H20FN5O/c1-15-6-7-17(12-16(15)2)27-21-4-3-5-22-19(21)9-10-23(28-22)24-14-31(30-29-24)18-8-11-25(32)20(26)13-18/h3-14,27,32H,1-2H3. The third kappa shape index (κ3) is 3.65. The number of nitrogens with one attached hydrogen (secondary N) is 1. The normalized spacial score (nSPS) is 11.1. The van der Waals surface area contributed by atoms with E-state index in [1.165, 1.54) is 27.9 Å². The number of aromatic nitrogens is 4. The Morgan fingerprint density at radius 3 is 2.59 bits per heavy atom. The molecule has 0 spiro atoms. The molecule has 0 saturated carbocycles. The Hall–Kier alpha value is -4.26. The van der Waals surface area contributed by atoms with E-state index in [9.17, 15) is 9.50 Å². The van der Waals surface area contributed by atoms with Crippen LogP contribution in [0.1, 0.15) is 11.1 Å². The van der Waals surface area contributed by atoms with Crippen LogP contribution in [0.25, 0.3) is 28.0 Å². The van der Waals surface area contributed by atoms with E-state index in [1.54, 1.807) is 12.3 Å². The fourth-order valence-corrected chi connectivity index (χ4v) is 3.53. The summed E-state index contributed by atoms with van der Waals surface area (Å²) in [6.07, 6.45) is 1.68.